The van der Waals surface area contributed by atoms with Gasteiger partial charge in [-0.2, -0.15) is 0 Å². The van der Waals surface area contributed by atoms with E-state index in [1.807, 2.05) is 56.3 Å². The summed E-state index contributed by atoms with van der Waals surface area (Å²) in [5.41, 5.74) is 8.95. The van der Waals surface area contributed by atoms with Crippen molar-refractivity contribution >= 4 is 5.91 Å². The number of fused-ring (bicyclic) bond motifs is 1. The first-order valence-electron chi connectivity index (χ1n) is 8.06. The monoisotopic (exact) mass is 326 g/mol. The fraction of sp³-hybridized carbons (Fsp3) is 0.316. The molecule has 2 aromatic rings. The number of carbonyl (C=O) groups excluding carboxylic acids is 1. The minimum atomic E-state index is -0.690. The Morgan fingerprint density at radius 3 is 2.38 bits per heavy atom. The zero-order valence-corrected chi connectivity index (χ0v) is 13.9. The van der Waals surface area contributed by atoms with Crippen molar-refractivity contribution in [1.29, 1.82) is 0 Å². The van der Waals surface area contributed by atoms with E-state index in [2.05, 4.69) is 5.32 Å². The summed E-state index contributed by atoms with van der Waals surface area (Å²) in [5, 5.41) is 2.96. The smallest absolute Gasteiger partial charge is 0.241 e. The number of hydrogen-bond donors (Lipinski definition) is 2. The molecule has 2 atom stereocenters. The molecule has 0 saturated heterocycles. The standard InChI is InChI=1S/C19H22N2O3/c1-12-3-5-14(6-4-12)18(20)19(22)21-13(2)15-7-8-16-17(11-15)24-10-9-23-16/h3-8,11,13,18H,9-10,20H2,1-2H3,(H,21,22). The second kappa shape index (κ2) is 6.93. The molecule has 5 nitrogen and oxygen atoms in total. The van der Waals surface area contributed by atoms with E-state index in [0.717, 1.165) is 22.4 Å². The van der Waals surface area contributed by atoms with E-state index >= 15 is 0 Å². The lowest BCUT2D eigenvalue weighted by Crippen LogP contribution is -2.35. The van der Waals surface area contributed by atoms with Crippen LogP contribution >= 0.6 is 0 Å². The highest BCUT2D eigenvalue weighted by Gasteiger charge is 2.20. The van der Waals surface area contributed by atoms with E-state index in [9.17, 15) is 4.79 Å². The van der Waals surface area contributed by atoms with Gasteiger partial charge >= 0.3 is 0 Å². The molecule has 1 amide bonds. The summed E-state index contributed by atoms with van der Waals surface area (Å²) in [6.45, 7) is 5.02. The van der Waals surface area contributed by atoms with Crippen molar-refractivity contribution in [2.75, 3.05) is 13.2 Å². The molecule has 0 radical (unpaired) electrons. The Labute approximate surface area is 141 Å². The van der Waals surface area contributed by atoms with Gasteiger partial charge in [-0.1, -0.05) is 35.9 Å². The molecule has 3 N–H and O–H groups in total. The Morgan fingerprint density at radius 2 is 1.67 bits per heavy atom. The highest BCUT2D eigenvalue weighted by atomic mass is 16.6. The van der Waals surface area contributed by atoms with E-state index in [0.29, 0.717) is 19.0 Å². The molecule has 24 heavy (non-hydrogen) atoms. The van der Waals surface area contributed by atoms with Crippen LogP contribution in [-0.4, -0.2) is 19.1 Å². The summed E-state index contributed by atoms with van der Waals surface area (Å²) in [7, 11) is 0. The van der Waals surface area contributed by atoms with Gasteiger partial charge in [0, 0.05) is 0 Å². The van der Waals surface area contributed by atoms with Gasteiger partial charge in [0.15, 0.2) is 11.5 Å². The fourth-order valence-electron chi connectivity index (χ4n) is 2.64. The van der Waals surface area contributed by atoms with Crippen LogP contribution in [0.5, 0.6) is 11.5 Å². The summed E-state index contributed by atoms with van der Waals surface area (Å²) in [4.78, 5) is 12.4. The maximum Gasteiger partial charge on any atom is 0.241 e. The second-order valence-electron chi connectivity index (χ2n) is 6.02. The van der Waals surface area contributed by atoms with Gasteiger partial charge in [-0.05, 0) is 37.1 Å². The van der Waals surface area contributed by atoms with Gasteiger partial charge in [0.2, 0.25) is 5.91 Å². The van der Waals surface area contributed by atoms with E-state index in [-0.39, 0.29) is 11.9 Å². The Kier molecular flexibility index (Phi) is 4.71. The number of amides is 1. The third-order valence-corrected chi connectivity index (χ3v) is 4.14. The van der Waals surface area contributed by atoms with Crippen molar-refractivity contribution < 1.29 is 14.3 Å². The van der Waals surface area contributed by atoms with Crippen LogP contribution in [0.3, 0.4) is 0 Å². The van der Waals surface area contributed by atoms with Crippen molar-refractivity contribution in [3.8, 4) is 11.5 Å². The lowest BCUT2D eigenvalue weighted by Gasteiger charge is -2.22. The first-order chi connectivity index (χ1) is 11.5. The summed E-state index contributed by atoms with van der Waals surface area (Å²) in [6, 6.07) is 12.5. The van der Waals surface area contributed by atoms with Gasteiger partial charge < -0.3 is 20.5 Å². The van der Waals surface area contributed by atoms with E-state index in [1.54, 1.807) is 0 Å². The first kappa shape index (κ1) is 16.3. The molecule has 0 aliphatic carbocycles. The van der Waals surface area contributed by atoms with Crippen molar-refractivity contribution in [1.82, 2.24) is 5.32 Å². The summed E-state index contributed by atoms with van der Waals surface area (Å²) in [6.07, 6.45) is 0. The highest BCUT2D eigenvalue weighted by Crippen LogP contribution is 2.32. The van der Waals surface area contributed by atoms with Crippen LogP contribution in [0, 0.1) is 6.92 Å². The number of rotatable bonds is 4. The zero-order valence-electron chi connectivity index (χ0n) is 13.9. The van der Waals surface area contributed by atoms with Gasteiger partial charge in [0.05, 0.1) is 6.04 Å². The van der Waals surface area contributed by atoms with E-state index < -0.39 is 6.04 Å². The second-order valence-corrected chi connectivity index (χ2v) is 6.02. The molecular formula is C19H22N2O3. The maximum absolute atomic E-state index is 12.4. The molecule has 1 heterocycles. The van der Waals surface area contributed by atoms with Crippen LogP contribution in [0.15, 0.2) is 42.5 Å². The highest BCUT2D eigenvalue weighted by molar-refractivity contribution is 5.83. The average molecular weight is 326 g/mol. The third kappa shape index (κ3) is 3.51. The number of aryl methyl sites for hydroxylation is 1. The predicted molar refractivity (Wildman–Crippen MR) is 92.1 cm³/mol. The van der Waals surface area contributed by atoms with Crippen LogP contribution in [-0.2, 0) is 4.79 Å². The number of nitrogens with two attached hydrogens (primary N) is 1. The molecule has 0 aromatic heterocycles. The van der Waals surface area contributed by atoms with Gasteiger partial charge in [0.1, 0.15) is 19.3 Å². The van der Waals surface area contributed by atoms with Crippen molar-refractivity contribution in [3.05, 3.63) is 59.2 Å². The number of benzene rings is 2. The summed E-state index contributed by atoms with van der Waals surface area (Å²) in [5.74, 6) is 1.24. The molecule has 2 aromatic carbocycles. The van der Waals surface area contributed by atoms with Gasteiger partial charge in [-0.3, -0.25) is 4.79 Å². The van der Waals surface area contributed by atoms with Crippen LogP contribution in [0.4, 0.5) is 0 Å². The number of nitrogens with one attached hydrogen (secondary N) is 1. The van der Waals surface area contributed by atoms with E-state index in [4.69, 9.17) is 15.2 Å². The summed E-state index contributed by atoms with van der Waals surface area (Å²) < 4.78 is 11.1. The predicted octanol–water partition coefficient (Wildman–Crippen LogP) is 2.64. The minimum absolute atomic E-state index is 0.176. The molecule has 126 valence electrons. The van der Waals surface area contributed by atoms with Gasteiger partial charge in [-0.15, -0.1) is 0 Å². The Hall–Kier alpha value is -2.53. The molecule has 1 aliphatic heterocycles. The van der Waals surface area contributed by atoms with Crippen molar-refractivity contribution in [2.24, 2.45) is 5.73 Å². The maximum atomic E-state index is 12.4. The van der Waals surface area contributed by atoms with Gasteiger partial charge in [0.25, 0.3) is 0 Å². The molecule has 5 heteroatoms. The number of carbonyl (C=O) groups is 1. The molecule has 3 rings (SSSR count). The quantitative estimate of drug-likeness (QED) is 0.906. The first-order valence-corrected chi connectivity index (χ1v) is 8.06. The van der Waals surface area contributed by atoms with Crippen LogP contribution in [0.25, 0.3) is 0 Å². The minimum Gasteiger partial charge on any atom is -0.486 e. The molecule has 0 fully saturated rings. The van der Waals surface area contributed by atoms with Crippen LogP contribution < -0.4 is 20.5 Å². The van der Waals surface area contributed by atoms with Crippen molar-refractivity contribution in [3.63, 3.8) is 0 Å². The Morgan fingerprint density at radius 1 is 1.04 bits per heavy atom. The SMILES string of the molecule is Cc1ccc(C(N)C(=O)NC(C)c2ccc3c(c2)OCCO3)cc1. The molecule has 0 bridgehead atoms. The number of ether oxygens (including phenoxy) is 2. The van der Waals surface area contributed by atoms with Crippen LogP contribution in [0.2, 0.25) is 0 Å². The topological polar surface area (TPSA) is 73.6 Å². The summed E-state index contributed by atoms with van der Waals surface area (Å²) >= 11 is 0. The fourth-order valence-corrected chi connectivity index (χ4v) is 2.64. The largest absolute Gasteiger partial charge is 0.486 e. The van der Waals surface area contributed by atoms with Gasteiger partial charge in [-0.25, -0.2) is 0 Å². The third-order valence-electron chi connectivity index (χ3n) is 4.14. The lowest BCUT2D eigenvalue weighted by molar-refractivity contribution is -0.123. The van der Waals surface area contributed by atoms with E-state index in [1.165, 1.54) is 0 Å². The molecule has 2 unspecified atom stereocenters. The lowest BCUT2D eigenvalue weighted by atomic mass is 10.0. The normalized spacial score (nSPS) is 15.5. The Balaban J connectivity index is 1.68. The average Bonchev–Trinajstić information content (AvgIpc) is 2.61. The molecule has 0 saturated carbocycles. The Bertz CT molecular complexity index is 728. The molecular weight excluding hydrogens is 304 g/mol. The molecule has 0 spiro atoms. The zero-order chi connectivity index (χ0) is 17.1. The number of hydrogen-bond acceptors (Lipinski definition) is 4. The van der Waals surface area contributed by atoms with Crippen LogP contribution in [0.1, 0.15) is 35.7 Å². The van der Waals surface area contributed by atoms with Crippen molar-refractivity contribution in [2.45, 2.75) is 25.9 Å². The molecule has 1 aliphatic rings.